The van der Waals surface area contributed by atoms with Gasteiger partial charge >= 0.3 is 5.97 Å². The number of carboxylic acids is 1. The fourth-order valence-corrected chi connectivity index (χ4v) is 2.42. The van der Waals surface area contributed by atoms with Crippen LogP contribution in [0.15, 0.2) is 24.3 Å². The molecule has 2 N–H and O–H groups in total. The number of rotatable bonds is 4. The molecule has 108 valence electrons. The van der Waals surface area contributed by atoms with Gasteiger partial charge in [0.15, 0.2) is 0 Å². The second kappa shape index (κ2) is 5.33. The van der Waals surface area contributed by atoms with Gasteiger partial charge in [-0.15, -0.1) is 0 Å². The van der Waals surface area contributed by atoms with Crippen LogP contribution in [0.3, 0.4) is 0 Å². The molecule has 0 bridgehead atoms. The highest BCUT2D eigenvalue weighted by molar-refractivity contribution is 6.31. The van der Waals surface area contributed by atoms with E-state index < -0.39 is 18.4 Å². The highest BCUT2D eigenvalue weighted by Gasteiger charge is 2.27. The normalized spacial score (nSPS) is 14.1. The molecule has 21 heavy (non-hydrogen) atoms. The van der Waals surface area contributed by atoms with Crippen LogP contribution in [-0.2, 0) is 4.79 Å². The van der Waals surface area contributed by atoms with Crippen molar-refractivity contribution in [3.8, 4) is 0 Å². The molecule has 6 heteroatoms. The van der Waals surface area contributed by atoms with Crippen molar-refractivity contribution >= 4 is 34.4 Å². The van der Waals surface area contributed by atoms with Gasteiger partial charge in [-0.05, 0) is 37.1 Å². The minimum absolute atomic E-state index is 0.399. The molecule has 0 radical (unpaired) electrons. The summed E-state index contributed by atoms with van der Waals surface area (Å²) >= 11 is 5.98. The van der Waals surface area contributed by atoms with E-state index in [-0.39, 0.29) is 0 Å². The molecule has 0 atom stereocenters. The first-order valence-corrected chi connectivity index (χ1v) is 7.02. The summed E-state index contributed by atoms with van der Waals surface area (Å²) in [7, 11) is 0. The number of hydrogen-bond acceptors (Lipinski definition) is 3. The third kappa shape index (κ3) is 2.97. The van der Waals surface area contributed by atoms with E-state index in [9.17, 15) is 9.59 Å². The van der Waals surface area contributed by atoms with Crippen LogP contribution in [0, 0.1) is 0 Å². The summed E-state index contributed by atoms with van der Waals surface area (Å²) in [6, 6.07) is 6.92. The molecular weight excluding hydrogens is 292 g/mol. The Balaban J connectivity index is 2.06. The number of aromatic nitrogens is 1. The van der Waals surface area contributed by atoms with E-state index in [2.05, 4.69) is 10.3 Å². The molecule has 1 heterocycles. The van der Waals surface area contributed by atoms with Crippen LogP contribution in [0.25, 0.3) is 10.9 Å². The van der Waals surface area contributed by atoms with Gasteiger partial charge in [-0.1, -0.05) is 11.6 Å². The zero-order valence-electron chi connectivity index (χ0n) is 11.1. The predicted molar refractivity (Wildman–Crippen MR) is 78.7 cm³/mol. The van der Waals surface area contributed by atoms with Gasteiger partial charge in [0.1, 0.15) is 6.54 Å². The Labute approximate surface area is 125 Å². The number of aliphatic carboxylic acids is 1. The molecule has 1 aromatic carbocycles. The number of carboxylic acid groups (broad SMARTS) is 1. The lowest BCUT2D eigenvalue weighted by Crippen LogP contribution is -2.29. The summed E-state index contributed by atoms with van der Waals surface area (Å²) in [5, 5.41) is 12.2. The molecule has 1 aliphatic carbocycles. The van der Waals surface area contributed by atoms with Crippen molar-refractivity contribution in [3.05, 3.63) is 40.5 Å². The molecule has 5 nitrogen and oxygen atoms in total. The van der Waals surface area contributed by atoms with Crippen molar-refractivity contribution < 1.29 is 14.7 Å². The second-order valence-electron chi connectivity index (χ2n) is 5.11. The summed E-state index contributed by atoms with van der Waals surface area (Å²) < 4.78 is 0. The average molecular weight is 305 g/mol. The van der Waals surface area contributed by atoms with E-state index in [1.807, 2.05) is 0 Å². The zero-order valence-corrected chi connectivity index (χ0v) is 11.9. The van der Waals surface area contributed by atoms with E-state index in [0.29, 0.717) is 27.4 Å². The first-order valence-electron chi connectivity index (χ1n) is 6.65. The molecule has 1 amide bonds. The first-order chi connectivity index (χ1) is 10.0. The number of benzene rings is 1. The summed E-state index contributed by atoms with van der Waals surface area (Å²) in [6.45, 7) is -0.415. The van der Waals surface area contributed by atoms with Crippen LogP contribution in [0.2, 0.25) is 5.02 Å². The van der Waals surface area contributed by atoms with Crippen LogP contribution < -0.4 is 5.32 Å². The summed E-state index contributed by atoms with van der Waals surface area (Å²) in [5.74, 6) is -1.10. The number of nitrogens with one attached hydrogen (secondary N) is 1. The maximum atomic E-state index is 12.2. The summed E-state index contributed by atoms with van der Waals surface area (Å²) in [4.78, 5) is 27.4. The topological polar surface area (TPSA) is 79.3 Å². The van der Waals surface area contributed by atoms with E-state index in [1.54, 1.807) is 24.3 Å². The van der Waals surface area contributed by atoms with E-state index in [4.69, 9.17) is 16.7 Å². The Morgan fingerprint density at radius 3 is 2.76 bits per heavy atom. The highest BCUT2D eigenvalue weighted by atomic mass is 35.5. The van der Waals surface area contributed by atoms with Crippen molar-refractivity contribution in [2.24, 2.45) is 0 Å². The van der Waals surface area contributed by atoms with Crippen LogP contribution >= 0.6 is 11.6 Å². The molecule has 0 saturated heterocycles. The monoisotopic (exact) mass is 304 g/mol. The number of pyridine rings is 1. The van der Waals surface area contributed by atoms with Gasteiger partial charge in [-0.2, -0.15) is 0 Å². The molecule has 1 fully saturated rings. The van der Waals surface area contributed by atoms with Gasteiger partial charge in [0, 0.05) is 22.0 Å². The van der Waals surface area contributed by atoms with Crippen LogP contribution in [0.5, 0.6) is 0 Å². The molecule has 1 aromatic heterocycles. The largest absolute Gasteiger partial charge is 0.480 e. The molecule has 3 rings (SSSR count). The fraction of sp³-hybridized carbons (Fsp3) is 0.267. The molecule has 1 aliphatic rings. The Bertz CT molecular complexity index is 741. The smallest absolute Gasteiger partial charge is 0.322 e. The third-order valence-electron chi connectivity index (χ3n) is 3.43. The summed E-state index contributed by atoms with van der Waals surface area (Å²) in [6.07, 6.45) is 2.14. The van der Waals surface area contributed by atoms with Gasteiger partial charge in [0.25, 0.3) is 5.91 Å². The minimum Gasteiger partial charge on any atom is -0.480 e. The standard InChI is InChI=1S/C15H13ClN2O3/c16-9-3-4-12-10(5-9)11(15(21)17-7-14(19)20)6-13(18-12)8-1-2-8/h3-6,8H,1-2,7H2,(H,17,21)(H,19,20). The quantitative estimate of drug-likeness (QED) is 0.910. The SMILES string of the molecule is O=C(O)CNC(=O)c1cc(C2CC2)nc2ccc(Cl)cc12. The van der Waals surface area contributed by atoms with Crippen molar-refractivity contribution in [3.63, 3.8) is 0 Å². The Morgan fingerprint density at radius 1 is 1.33 bits per heavy atom. The molecule has 1 saturated carbocycles. The van der Waals surface area contributed by atoms with Gasteiger partial charge in [0.05, 0.1) is 11.1 Å². The van der Waals surface area contributed by atoms with Gasteiger partial charge < -0.3 is 10.4 Å². The third-order valence-corrected chi connectivity index (χ3v) is 3.67. The Morgan fingerprint density at radius 2 is 2.10 bits per heavy atom. The van der Waals surface area contributed by atoms with Gasteiger partial charge in [0.2, 0.25) is 0 Å². The lowest BCUT2D eigenvalue weighted by molar-refractivity contribution is -0.135. The summed E-state index contributed by atoms with van der Waals surface area (Å²) in [5.41, 5.74) is 2.00. The Kier molecular flexibility index (Phi) is 3.51. The number of hydrogen-bond donors (Lipinski definition) is 2. The maximum absolute atomic E-state index is 12.2. The van der Waals surface area contributed by atoms with Crippen LogP contribution in [0.4, 0.5) is 0 Å². The number of carbonyl (C=O) groups excluding carboxylic acids is 1. The highest BCUT2D eigenvalue weighted by Crippen LogP contribution is 2.40. The van der Waals surface area contributed by atoms with Gasteiger partial charge in [-0.25, -0.2) is 0 Å². The van der Waals surface area contributed by atoms with E-state index >= 15 is 0 Å². The zero-order chi connectivity index (χ0) is 15.0. The van der Waals surface area contributed by atoms with Crippen molar-refractivity contribution in [1.29, 1.82) is 0 Å². The minimum atomic E-state index is -1.08. The number of amides is 1. The number of nitrogens with zero attached hydrogens (tertiary/aromatic N) is 1. The van der Waals surface area contributed by atoms with Crippen LogP contribution in [-0.4, -0.2) is 28.5 Å². The van der Waals surface area contributed by atoms with Crippen molar-refractivity contribution in [2.75, 3.05) is 6.54 Å². The lowest BCUT2D eigenvalue weighted by atomic mass is 10.1. The maximum Gasteiger partial charge on any atom is 0.322 e. The van der Waals surface area contributed by atoms with Crippen molar-refractivity contribution in [1.82, 2.24) is 10.3 Å². The van der Waals surface area contributed by atoms with E-state index in [1.165, 1.54) is 0 Å². The molecular formula is C15H13ClN2O3. The second-order valence-corrected chi connectivity index (χ2v) is 5.54. The molecule has 0 aliphatic heterocycles. The first kappa shape index (κ1) is 13.8. The van der Waals surface area contributed by atoms with Crippen molar-refractivity contribution in [2.45, 2.75) is 18.8 Å². The molecule has 2 aromatic rings. The van der Waals surface area contributed by atoms with Gasteiger partial charge in [-0.3, -0.25) is 14.6 Å². The van der Waals surface area contributed by atoms with Crippen LogP contribution in [0.1, 0.15) is 34.8 Å². The predicted octanol–water partition coefficient (Wildman–Crippen LogP) is 2.58. The van der Waals surface area contributed by atoms with E-state index in [0.717, 1.165) is 18.5 Å². The average Bonchev–Trinajstić information content (AvgIpc) is 3.28. The Hall–Kier alpha value is -2.14. The number of carbonyl (C=O) groups is 2. The molecule has 0 unspecified atom stereocenters. The molecule has 0 spiro atoms. The number of halogens is 1. The fourth-order valence-electron chi connectivity index (χ4n) is 2.25. The number of fused-ring (bicyclic) bond motifs is 1. The lowest BCUT2D eigenvalue weighted by Gasteiger charge is -2.09.